The molecule has 1 aliphatic rings. The molecule has 4 nitrogen and oxygen atoms in total. The van der Waals surface area contributed by atoms with Gasteiger partial charge in [-0.05, 0) is 142 Å². The van der Waals surface area contributed by atoms with E-state index in [-0.39, 0.29) is 11.9 Å². The standard InChI is InChI=1S/C22H25I3N2O2/c1-2-13(11-17-18(23)12-19(24)21(26)20(17)25)22(28)29-16-5-3-14(4-6-16)15-7-9-27-10-8-15/h3-6,12-13,15,27H,2,7-11,26H2,1H3. The Morgan fingerprint density at radius 1 is 1.17 bits per heavy atom. The summed E-state index contributed by atoms with van der Waals surface area (Å²) in [6.45, 7) is 4.17. The number of piperidine rings is 1. The Labute approximate surface area is 213 Å². The number of esters is 1. The minimum Gasteiger partial charge on any atom is -0.426 e. The molecule has 1 heterocycles. The van der Waals surface area contributed by atoms with E-state index in [2.05, 4.69) is 91.3 Å². The number of nitrogens with one attached hydrogen (secondary N) is 1. The van der Waals surface area contributed by atoms with E-state index in [0.717, 1.165) is 54.3 Å². The van der Waals surface area contributed by atoms with Gasteiger partial charge in [-0.25, -0.2) is 0 Å². The first-order valence-corrected chi connectivity index (χ1v) is 13.1. The minimum absolute atomic E-state index is 0.175. The molecule has 1 fully saturated rings. The molecule has 2 aromatic rings. The molecule has 1 saturated heterocycles. The van der Waals surface area contributed by atoms with E-state index in [1.165, 1.54) is 5.56 Å². The van der Waals surface area contributed by atoms with Crippen molar-refractivity contribution >= 4 is 79.4 Å². The van der Waals surface area contributed by atoms with Crippen molar-refractivity contribution in [1.82, 2.24) is 5.32 Å². The van der Waals surface area contributed by atoms with Gasteiger partial charge in [0.2, 0.25) is 0 Å². The maximum Gasteiger partial charge on any atom is 0.314 e. The number of benzene rings is 2. The predicted octanol–water partition coefficient (Wildman–Crippen LogP) is 5.72. The van der Waals surface area contributed by atoms with Crippen LogP contribution in [-0.2, 0) is 11.2 Å². The van der Waals surface area contributed by atoms with Crippen molar-refractivity contribution < 1.29 is 9.53 Å². The normalized spacial score (nSPS) is 15.9. The van der Waals surface area contributed by atoms with Crippen molar-refractivity contribution in [2.45, 2.75) is 38.5 Å². The van der Waals surface area contributed by atoms with Gasteiger partial charge in [-0.3, -0.25) is 4.79 Å². The van der Waals surface area contributed by atoms with Crippen LogP contribution in [0, 0.1) is 16.6 Å². The lowest BCUT2D eigenvalue weighted by Crippen LogP contribution is -2.26. The summed E-state index contributed by atoms with van der Waals surface area (Å²) in [7, 11) is 0. The van der Waals surface area contributed by atoms with E-state index in [9.17, 15) is 4.79 Å². The van der Waals surface area contributed by atoms with Crippen LogP contribution < -0.4 is 15.8 Å². The number of halogens is 3. The zero-order valence-corrected chi connectivity index (χ0v) is 22.8. The third-order valence-corrected chi connectivity index (χ3v) is 8.57. The van der Waals surface area contributed by atoms with Gasteiger partial charge in [0.25, 0.3) is 0 Å². The Hall–Kier alpha value is -0.140. The third-order valence-electron chi connectivity index (χ3n) is 5.49. The van der Waals surface area contributed by atoms with Crippen LogP contribution in [-0.4, -0.2) is 19.1 Å². The molecular weight excluding hydrogens is 705 g/mol. The van der Waals surface area contributed by atoms with Gasteiger partial charge in [0.05, 0.1) is 11.6 Å². The molecule has 2 aromatic carbocycles. The van der Waals surface area contributed by atoms with Gasteiger partial charge in [-0.1, -0.05) is 19.1 Å². The van der Waals surface area contributed by atoms with Crippen LogP contribution in [0.4, 0.5) is 5.69 Å². The van der Waals surface area contributed by atoms with E-state index in [4.69, 9.17) is 10.5 Å². The molecule has 3 N–H and O–H groups in total. The number of nitrogens with two attached hydrogens (primary N) is 1. The highest BCUT2D eigenvalue weighted by Gasteiger charge is 2.23. The molecule has 7 heteroatoms. The summed E-state index contributed by atoms with van der Waals surface area (Å²) in [5.41, 5.74) is 9.46. The third kappa shape index (κ3) is 5.97. The first-order chi connectivity index (χ1) is 13.9. The number of anilines is 1. The average molecular weight is 730 g/mol. The summed E-state index contributed by atoms with van der Waals surface area (Å²) in [5, 5.41) is 3.40. The van der Waals surface area contributed by atoms with Gasteiger partial charge >= 0.3 is 5.97 Å². The Bertz CT molecular complexity index is 865. The van der Waals surface area contributed by atoms with Crippen LogP contribution in [0.1, 0.15) is 43.2 Å². The first-order valence-electron chi connectivity index (χ1n) is 9.84. The average Bonchev–Trinajstić information content (AvgIpc) is 2.73. The maximum absolute atomic E-state index is 12.8. The summed E-state index contributed by atoms with van der Waals surface area (Å²) in [5.74, 6) is 0.851. The zero-order valence-electron chi connectivity index (χ0n) is 16.3. The van der Waals surface area contributed by atoms with Gasteiger partial charge in [0.1, 0.15) is 5.75 Å². The lowest BCUT2D eigenvalue weighted by molar-refractivity contribution is -0.139. The SMILES string of the molecule is CCC(Cc1c(I)cc(I)c(N)c1I)C(=O)Oc1ccc(C2CCNCC2)cc1. The minimum atomic E-state index is -0.194. The van der Waals surface area contributed by atoms with Gasteiger partial charge < -0.3 is 15.8 Å². The number of rotatable bonds is 6. The summed E-state index contributed by atoms with van der Waals surface area (Å²) < 4.78 is 8.95. The number of carbonyl (C=O) groups excluding carboxylic acids is 1. The van der Waals surface area contributed by atoms with Crippen LogP contribution in [0.2, 0.25) is 0 Å². The lowest BCUT2D eigenvalue weighted by Gasteiger charge is -2.23. The molecule has 0 aliphatic carbocycles. The highest BCUT2D eigenvalue weighted by Crippen LogP contribution is 2.32. The number of carbonyl (C=O) groups is 1. The van der Waals surface area contributed by atoms with Crippen LogP contribution in [0.15, 0.2) is 30.3 Å². The van der Waals surface area contributed by atoms with Crippen LogP contribution in [0.3, 0.4) is 0 Å². The number of ether oxygens (including phenoxy) is 1. The van der Waals surface area contributed by atoms with Crippen LogP contribution in [0.5, 0.6) is 5.75 Å². The summed E-state index contributed by atoms with van der Waals surface area (Å²) >= 11 is 6.87. The molecule has 3 rings (SSSR count). The molecule has 1 atom stereocenters. The van der Waals surface area contributed by atoms with Crippen molar-refractivity contribution in [2.75, 3.05) is 18.8 Å². The topological polar surface area (TPSA) is 64.4 Å². The molecule has 29 heavy (non-hydrogen) atoms. The van der Waals surface area contributed by atoms with E-state index in [1.54, 1.807) is 0 Å². The fourth-order valence-corrected chi connectivity index (χ4v) is 7.45. The van der Waals surface area contributed by atoms with E-state index in [1.807, 2.05) is 19.1 Å². The fourth-order valence-electron chi connectivity index (χ4n) is 3.64. The predicted molar refractivity (Wildman–Crippen MR) is 143 cm³/mol. The number of hydrogen-bond donors (Lipinski definition) is 2. The molecule has 0 bridgehead atoms. The Morgan fingerprint density at radius 3 is 2.45 bits per heavy atom. The molecule has 1 aliphatic heterocycles. The van der Waals surface area contributed by atoms with Gasteiger partial charge in [0, 0.05) is 10.7 Å². The quantitative estimate of drug-likeness (QED) is 0.173. The smallest absolute Gasteiger partial charge is 0.314 e. The fraction of sp³-hybridized carbons (Fsp3) is 0.409. The summed E-state index contributed by atoms with van der Waals surface area (Å²) in [4.78, 5) is 12.8. The summed E-state index contributed by atoms with van der Waals surface area (Å²) in [6, 6.07) is 10.1. The second-order valence-corrected chi connectivity index (χ2v) is 10.8. The molecule has 0 spiro atoms. The van der Waals surface area contributed by atoms with Gasteiger partial charge in [-0.2, -0.15) is 0 Å². The molecule has 0 saturated carbocycles. The van der Waals surface area contributed by atoms with E-state index < -0.39 is 0 Å². The molecule has 0 radical (unpaired) electrons. The van der Waals surface area contributed by atoms with E-state index in [0.29, 0.717) is 18.1 Å². The van der Waals surface area contributed by atoms with E-state index >= 15 is 0 Å². The Kier molecular flexibility index (Phi) is 8.87. The van der Waals surface area contributed by atoms with Crippen LogP contribution in [0.25, 0.3) is 0 Å². The van der Waals surface area contributed by atoms with Crippen molar-refractivity contribution in [3.63, 3.8) is 0 Å². The van der Waals surface area contributed by atoms with Crippen molar-refractivity contribution in [3.8, 4) is 5.75 Å². The maximum atomic E-state index is 12.8. The van der Waals surface area contributed by atoms with Crippen molar-refractivity contribution in [2.24, 2.45) is 5.92 Å². The first kappa shape index (κ1) is 23.5. The van der Waals surface area contributed by atoms with Gasteiger partial charge in [0.15, 0.2) is 0 Å². The lowest BCUT2D eigenvalue weighted by atomic mass is 9.90. The molecule has 0 amide bonds. The van der Waals surface area contributed by atoms with Crippen molar-refractivity contribution in [1.29, 1.82) is 0 Å². The number of nitrogen functional groups attached to an aromatic ring is 1. The highest BCUT2D eigenvalue weighted by molar-refractivity contribution is 14.1. The number of hydrogen-bond acceptors (Lipinski definition) is 4. The van der Waals surface area contributed by atoms with Crippen molar-refractivity contribution in [3.05, 3.63) is 52.2 Å². The van der Waals surface area contributed by atoms with Gasteiger partial charge in [-0.15, -0.1) is 0 Å². The molecule has 0 aromatic heterocycles. The molecular formula is C22H25I3N2O2. The second-order valence-electron chi connectivity index (χ2n) is 7.37. The van der Waals surface area contributed by atoms with Crippen LogP contribution >= 0.6 is 67.8 Å². The molecule has 1 unspecified atom stereocenters. The molecule has 156 valence electrons. The summed E-state index contributed by atoms with van der Waals surface area (Å²) in [6.07, 6.45) is 3.69. The second kappa shape index (κ2) is 10.9. The Balaban J connectivity index is 1.68. The largest absolute Gasteiger partial charge is 0.426 e. The highest BCUT2D eigenvalue weighted by atomic mass is 127. The Morgan fingerprint density at radius 2 is 1.83 bits per heavy atom. The zero-order chi connectivity index (χ0) is 21.0. The monoisotopic (exact) mass is 730 g/mol.